The molecule has 1 aliphatic heterocycles. The smallest absolute Gasteiger partial charge is 0.292 e. The van der Waals surface area contributed by atoms with E-state index in [0.29, 0.717) is 18.1 Å². The van der Waals surface area contributed by atoms with Crippen LogP contribution in [0.1, 0.15) is 67.0 Å². The molecular weight excluding hydrogens is 392 g/mol. The number of benzene rings is 1. The van der Waals surface area contributed by atoms with Crippen LogP contribution < -0.4 is 10.1 Å². The van der Waals surface area contributed by atoms with Crippen LogP contribution >= 0.6 is 0 Å². The first-order chi connectivity index (χ1) is 15.0. The molecule has 0 radical (unpaired) electrons. The number of anilines is 1. The van der Waals surface area contributed by atoms with Crippen molar-refractivity contribution in [1.82, 2.24) is 14.9 Å². The molecule has 0 spiro atoms. The third kappa shape index (κ3) is 3.84. The summed E-state index contributed by atoms with van der Waals surface area (Å²) in [5, 5.41) is 4.33. The number of methoxy groups -OCH3 is 1. The number of ether oxygens (including phenoxy) is 1. The molecule has 7 nitrogen and oxygen atoms in total. The van der Waals surface area contributed by atoms with Crippen molar-refractivity contribution in [3.05, 3.63) is 47.5 Å². The molecule has 1 atom stereocenters. The second-order valence-corrected chi connectivity index (χ2v) is 8.94. The number of carbonyl (C=O) groups excluding carboxylic acids is 1. The topological polar surface area (TPSA) is 80.5 Å². The van der Waals surface area contributed by atoms with Crippen LogP contribution in [0.3, 0.4) is 0 Å². The SMILES string of the molecule is COc1cccc(C2CCCCN2C(=O)c2nc(NC3(C)CC3)c3cc(C)oc3n2)c1. The van der Waals surface area contributed by atoms with Crippen LogP contribution in [0.4, 0.5) is 5.82 Å². The van der Waals surface area contributed by atoms with Gasteiger partial charge in [-0.05, 0) is 69.7 Å². The lowest BCUT2D eigenvalue weighted by Gasteiger charge is -2.35. The lowest BCUT2D eigenvalue weighted by Crippen LogP contribution is -2.39. The maximum atomic E-state index is 13.6. The molecule has 2 aliphatic rings. The lowest BCUT2D eigenvalue weighted by atomic mass is 9.95. The minimum atomic E-state index is -0.160. The Morgan fingerprint density at radius 3 is 2.87 bits per heavy atom. The van der Waals surface area contributed by atoms with Gasteiger partial charge >= 0.3 is 0 Å². The highest BCUT2D eigenvalue weighted by Crippen LogP contribution is 2.40. The summed E-state index contributed by atoms with van der Waals surface area (Å²) in [7, 11) is 1.66. The summed E-state index contributed by atoms with van der Waals surface area (Å²) in [5.74, 6) is 2.25. The van der Waals surface area contributed by atoms with E-state index in [0.717, 1.165) is 54.6 Å². The number of piperidine rings is 1. The van der Waals surface area contributed by atoms with Gasteiger partial charge in [-0.1, -0.05) is 12.1 Å². The first-order valence-electron chi connectivity index (χ1n) is 11.0. The van der Waals surface area contributed by atoms with E-state index < -0.39 is 0 Å². The van der Waals surface area contributed by atoms with Crippen LogP contribution in [0.25, 0.3) is 11.1 Å². The molecule has 1 N–H and O–H groups in total. The summed E-state index contributed by atoms with van der Waals surface area (Å²) in [6, 6.07) is 9.86. The van der Waals surface area contributed by atoms with Crippen molar-refractivity contribution in [3.8, 4) is 5.75 Å². The highest BCUT2D eigenvalue weighted by molar-refractivity contribution is 5.95. The fraction of sp³-hybridized carbons (Fsp3) is 0.458. The molecule has 2 aromatic heterocycles. The molecule has 3 heterocycles. The minimum Gasteiger partial charge on any atom is -0.497 e. The van der Waals surface area contributed by atoms with Crippen molar-refractivity contribution >= 4 is 22.8 Å². The summed E-state index contributed by atoms with van der Waals surface area (Å²) >= 11 is 0. The first kappa shape index (κ1) is 19.8. The Morgan fingerprint density at radius 1 is 1.26 bits per heavy atom. The number of carbonyl (C=O) groups is 1. The zero-order valence-corrected chi connectivity index (χ0v) is 18.3. The molecule has 3 aromatic rings. The van der Waals surface area contributed by atoms with Gasteiger partial charge in [-0.25, -0.2) is 4.98 Å². The average molecular weight is 421 g/mol. The summed E-state index contributed by atoms with van der Waals surface area (Å²) in [4.78, 5) is 24.7. The Kier molecular flexibility index (Phi) is 4.84. The zero-order valence-electron chi connectivity index (χ0n) is 18.3. The van der Waals surface area contributed by atoms with Crippen molar-refractivity contribution in [1.29, 1.82) is 0 Å². The van der Waals surface area contributed by atoms with Gasteiger partial charge in [0.1, 0.15) is 17.3 Å². The van der Waals surface area contributed by atoms with Gasteiger partial charge in [0, 0.05) is 12.1 Å². The summed E-state index contributed by atoms with van der Waals surface area (Å²) in [6.45, 7) is 4.73. The molecule has 1 saturated carbocycles. The molecule has 5 rings (SSSR count). The molecular formula is C24H28N4O3. The van der Waals surface area contributed by atoms with Gasteiger partial charge < -0.3 is 19.4 Å². The molecule has 31 heavy (non-hydrogen) atoms. The molecule has 7 heteroatoms. The van der Waals surface area contributed by atoms with Gasteiger partial charge in [0.05, 0.1) is 18.5 Å². The van der Waals surface area contributed by atoms with Crippen LogP contribution in [-0.4, -0.2) is 40.0 Å². The Labute approximate surface area is 181 Å². The van der Waals surface area contributed by atoms with Crippen LogP contribution in [0, 0.1) is 6.92 Å². The Morgan fingerprint density at radius 2 is 2.10 bits per heavy atom. The molecule has 1 aromatic carbocycles. The fourth-order valence-corrected chi connectivity index (χ4v) is 4.33. The highest BCUT2D eigenvalue weighted by atomic mass is 16.5. The second kappa shape index (κ2) is 7.55. The number of aromatic nitrogens is 2. The van der Waals surface area contributed by atoms with E-state index in [1.54, 1.807) is 7.11 Å². The molecule has 1 aliphatic carbocycles. The van der Waals surface area contributed by atoms with Crippen LogP contribution in [0.5, 0.6) is 5.75 Å². The average Bonchev–Trinajstić information content (AvgIpc) is 3.38. The predicted molar refractivity (Wildman–Crippen MR) is 118 cm³/mol. The standard InChI is InChI=1S/C24H28N4O3/c1-15-13-18-20(27-24(2)10-11-24)25-21(26-22(18)31-15)23(29)28-12-5-4-9-19(28)16-7-6-8-17(14-16)30-3/h6-8,13-14,19H,4-5,9-12H2,1-3H3,(H,25,26,27). The Bertz CT molecular complexity index is 1140. The zero-order chi connectivity index (χ0) is 21.6. The van der Waals surface area contributed by atoms with Crippen molar-refractivity contribution in [3.63, 3.8) is 0 Å². The van der Waals surface area contributed by atoms with E-state index in [2.05, 4.69) is 28.3 Å². The second-order valence-electron chi connectivity index (χ2n) is 8.94. The first-order valence-corrected chi connectivity index (χ1v) is 11.0. The van der Waals surface area contributed by atoms with Gasteiger partial charge in [-0.3, -0.25) is 4.79 Å². The normalized spacial score (nSPS) is 20.0. The number of rotatable bonds is 5. The number of nitrogens with zero attached hydrogens (tertiary/aromatic N) is 3. The van der Waals surface area contributed by atoms with E-state index in [-0.39, 0.29) is 23.3 Å². The number of amides is 1. The van der Waals surface area contributed by atoms with E-state index >= 15 is 0 Å². The van der Waals surface area contributed by atoms with E-state index in [1.165, 1.54) is 0 Å². The van der Waals surface area contributed by atoms with Crippen LogP contribution in [-0.2, 0) is 0 Å². The molecule has 0 bridgehead atoms. The van der Waals surface area contributed by atoms with Gasteiger partial charge in [-0.15, -0.1) is 0 Å². The number of nitrogens with one attached hydrogen (secondary N) is 1. The maximum absolute atomic E-state index is 13.6. The Balaban J connectivity index is 1.51. The molecule has 2 fully saturated rings. The summed E-state index contributed by atoms with van der Waals surface area (Å²) < 4.78 is 11.2. The predicted octanol–water partition coefficient (Wildman–Crippen LogP) is 4.87. The number of hydrogen-bond donors (Lipinski definition) is 1. The fourth-order valence-electron chi connectivity index (χ4n) is 4.33. The third-order valence-corrected chi connectivity index (χ3v) is 6.37. The monoisotopic (exact) mass is 420 g/mol. The van der Waals surface area contributed by atoms with Gasteiger partial charge in [0.15, 0.2) is 0 Å². The lowest BCUT2D eigenvalue weighted by molar-refractivity contribution is 0.0598. The van der Waals surface area contributed by atoms with E-state index in [9.17, 15) is 4.79 Å². The molecule has 162 valence electrons. The maximum Gasteiger partial charge on any atom is 0.292 e. The van der Waals surface area contributed by atoms with Crippen molar-refractivity contribution in [2.24, 2.45) is 0 Å². The Hall–Kier alpha value is -3.09. The van der Waals surface area contributed by atoms with Crippen molar-refractivity contribution in [2.45, 2.75) is 57.5 Å². The number of hydrogen-bond acceptors (Lipinski definition) is 6. The van der Waals surface area contributed by atoms with Crippen molar-refractivity contribution in [2.75, 3.05) is 19.0 Å². The highest BCUT2D eigenvalue weighted by Gasteiger charge is 2.38. The van der Waals surface area contributed by atoms with Gasteiger partial charge in [0.2, 0.25) is 11.5 Å². The summed E-state index contributed by atoms with van der Waals surface area (Å²) in [6.07, 6.45) is 5.13. The molecule has 1 saturated heterocycles. The number of likely N-dealkylation sites (tertiary alicyclic amines) is 1. The van der Waals surface area contributed by atoms with Gasteiger partial charge in [-0.2, -0.15) is 4.98 Å². The molecule has 1 amide bonds. The summed E-state index contributed by atoms with van der Waals surface area (Å²) in [5.41, 5.74) is 1.56. The third-order valence-electron chi connectivity index (χ3n) is 6.37. The largest absolute Gasteiger partial charge is 0.497 e. The van der Waals surface area contributed by atoms with E-state index in [4.69, 9.17) is 9.15 Å². The number of fused-ring (bicyclic) bond motifs is 1. The quantitative estimate of drug-likeness (QED) is 0.634. The van der Waals surface area contributed by atoms with E-state index in [1.807, 2.05) is 36.1 Å². The number of furan rings is 1. The number of aryl methyl sites for hydroxylation is 1. The van der Waals surface area contributed by atoms with Gasteiger partial charge in [0.25, 0.3) is 5.91 Å². The van der Waals surface area contributed by atoms with Crippen LogP contribution in [0.2, 0.25) is 0 Å². The molecule has 1 unspecified atom stereocenters. The minimum absolute atomic E-state index is 0.0219. The van der Waals surface area contributed by atoms with Crippen molar-refractivity contribution < 1.29 is 13.9 Å². The van der Waals surface area contributed by atoms with Crippen LogP contribution in [0.15, 0.2) is 34.7 Å².